The van der Waals surface area contributed by atoms with Crippen LogP contribution in [0.15, 0.2) is 34.9 Å². The molecule has 2 unspecified atom stereocenters. The summed E-state index contributed by atoms with van der Waals surface area (Å²) >= 11 is 5.91. The van der Waals surface area contributed by atoms with Crippen LogP contribution in [0, 0.1) is 0 Å². The molecular weight excluding hydrogens is 350 g/mol. The van der Waals surface area contributed by atoms with Gasteiger partial charge in [0, 0.05) is 48.6 Å². The average Bonchev–Trinajstić information content (AvgIpc) is 3.26. The van der Waals surface area contributed by atoms with Crippen molar-refractivity contribution in [2.45, 2.75) is 56.7 Å². The number of carbonyl (C=O) groups is 1. The number of amides is 1. The van der Waals surface area contributed by atoms with E-state index < -0.39 is 0 Å². The minimum absolute atomic E-state index is 0.169. The minimum Gasteiger partial charge on any atom is -0.441 e. The maximum Gasteiger partial charge on any atom is 0.223 e. The largest absolute Gasteiger partial charge is 0.441 e. The molecule has 1 amide bonds. The van der Waals surface area contributed by atoms with Crippen molar-refractivity contribution >= 4 is 17.5 Å². The standard InChI is InChI=1S/C20H24ClN3O2/c1-24(17-10-15-6-7-16(11-17)23-15)20(25)9-8-19-22-12-18(26-19)13-2-4-14(21)5-3-13/h2-5,12,15-17,23H,6-11H2,1H3. The lowest BCUT2D eigenvalue weighted by Crippen LogP contribution is -2.48. The molecule has 2 saturated heterocycles. The number of aryl methyl sites for hydroxylation is 1. The molecule has 2 aliphatic rings. The van der Waals surface area contributed by atoms with E-state index >= 15 is 0 Å². The van der Waals surface area contributed by atoms with Gasteiger partial charge in [-0.25, -0.2) is 4.98 Å². The molecule has 26 heavy (non-hydrogen) atoms. The summed E-state index contributed by atoms with van der Waals surface area (Å²) in [5.41, 5.74) is 0.932. The van der Waals surface area contributed by atoms with E-state index in [1.165, 1.54) is 12.8 Å². The summed E-state index contributed by atoms with van der Waals surface area (Å²) in [6.07, 6.45) is 7.28. The van der Waals surface area contributed by atoms with Gasteiger partial charge in [-0.2, -0.15) is 0 Å². The average molecular weight is 374 g/mol. The van der Waals surface area contributed by atoms with E-state index in [0.717, 1.165) is 18.4 Å². The van der Waals surface area contributed by atoms with E-state index in [2.05, 4.69) is 10.3 Å². The van der Waals surface area contributed by atoms with E-state index in [9.17, 15) is 4.79 Å². The van der Waals surface area contributed by atoms with Gasteiger partial charge in [0.25, 0.3) is 0 Å². The molecule has 2 bridgehead atoms. The van der Waals surface area contributed by atoms with Gasteiger partial charge in [0.15, 0.2) is 11.7 Å². The molecule has 2 atom stereocenters. The van der Waals surface area contributed by atoms with Gasteiger partial charge in [-0.05, 0) is 49.9 Å². The van der Waals surface area contributed by atoms with Crippen molar-refractivity contribution in [2.24, 2.45) is 0 Å². The Morgan fingerprint density at radius 2 is 1.96 bits per heavy atom. The second-order valence-electron chi connectivity index (χ2n) is 7.39. The number of oxazole rings is 1. The summed E-state index contributed by atoms with van der Waals surface area (Å²) in [5.74, 6) is 1.47. The number of nitrogens with one attached hydrogen (secondary N) is 1. The summed E-state index contributed by atoms with van der Waals surface area (Å²) in [7, 11) is 1.94. The fraction of sp³-hybridized carbons (Fsp3) is 0.500. The van der Waals surface area contributed by atoms with Crippen molar-refractivity contribution in [2.75, 3.05) is 7.05 Å². The van der Waals surface area contributed by atoms with E-state index in [1.807, 2.05) is 36.2 Å². The van der Waals surface area contributed by atoms with Gasteiger partial charge in [-0.3, -0.25) is 4.79 Å². The molecule has 4 rings (SSSR count). The zero-order valence-corrected chi connectivity index (χ0v) is 15.7. The molecule has 2 aliphatic heterocycles. The molecule has 1 aromatic heterocycles. The number of halogens is 1. The van der Waals surface area contributed by atoms with Crippen molar-refractivity contribution in [3.63, 3.8) is 0 Å². The van der Waals surface area contributed by atoms with Gasteiger partial charge in [0.2, 0.25) is 5.91 Å². The van der Waals surface area contributed by atoms with Gasteiger partial charge in [0.05, 0.1) is 6.20 Å². The molecule has 5 nitrogen and oxygen atoms in total. The highest BCUT2D eigenvalue weighted by molar-refractivity contribution is 6.30. The fourth-order valence-corrected chi connectivity index (χ4v) is 4.24. The number of benzene rings is 1. The van der Waals surface area contributed by atoms with Gasteiger partial charge in [-0.15, -0.1) is 0 Å². The van der Waals surface area contributed by atoms with Crippen LogP contribution in [0.4, 0.5) is 0 Å². The molecule has 1 N–H and O–H groups in total. The van der Waals surface area contributed by atoms with Gasteiger partial charge in [-0.1, -0.05) is 11.6 Å². The van der Waals surface area contributed by atoms with Crippen LogP contribution in [-0.2, 0) is 11.2 Å². The van der Waals surface area contributed by atoms with E-state index in [0.29, 0.717) is 47.6 Å². The number of carbonyl (C=O) groups excluding carboxylic acids is 1. The first-order valence-electron chi connectivity index (χ1n) is 9.31. The molecule has 0 radical (unpaired) electrons. The number of hydrogen-bond acceptors (Lipinski definition) is 4. The highest BCUT2D eigenvalue weighted by Gasteiger charge is 2.36. The second kappa shape index (κ2) is 7.41. The van der Waals surface area contributed by atoms with Gasteiger partial charge >= 0.3 is 0 Å². The smallest absolute Gasteiger partial charge is 0.223 e. The van der Waals surface area contributed by atoms with Crippen LogP contribution in [-0.4, -0.2) is 41.0 Å². The van der Waals surface area contributed by atoms with Crippen LogP contribution in [0.5, 0.6) is 0 Å². The Morgan fingerprint density at radius 1 is 1.27 bits per heavy atom. The van der Waals surface area contributed by atoms with Crippen molar-refractivity contribution in [3.8, 4) is 11.3 Å². The van der Waals surface area contributed by atoms with Crippen LogP contribution in [0.2, 0.25) is 5.02 Å². The Labute approximate surface area is 158 Å². The van der Waals surface area contributed by atoms with Crippen LogP contribution >= 0.6 is 11.6 Å². The Kier molecular flexibility index (Phi) is 5.00. The fourth-order valence-electron chi connectivity index (χ4n) is 4.11. The van der Waals surface area contributed by atoms with Gasteiger partial charge < -0.3 is 14.6 Å². The number of hydrogen-bond donors (Lipinski definition) is 1. The quantitative estimate of drug-likeness (QED) is 0.868. The summed E-state index contributed by atoms with van der Waals surface area (Å²) in [5, 5.41) is 4.31. The summed E-state index contributed by atoms with van der Waals surface area (Å²) in [6.45, 7) is 0. The Morgan fingerprint density at radius 3 is 2.65 bits per heavy atom. The van der Waals surface area contributed by atoms with Crippen molar-refractivity contribution in [3.05, 3.63) is 41.4 Å². The first kappa shape index (κ1) is 17.6. The summed E-state index contributed by atoms with van der Waals surface area (Å²) in [6, 6.07) is 8.97. The van der Waals surface area contributed by atoms with E-state index in [4.69, 9.17) is 16.0 Å². The lowest BCUT2D eigenvalue weighted by atomic mass is 9.98. The lowest BCUT2D eigenvalue weighted by molar-refractivity contribution is -0.132. The van der Waals surface area contributed by atoms with Crippen LogP contribution in [0.25, 0.3) is 11.3 Å². The highest BCUT2D eigenvalue weighted by Crippen LogP contribution is 2.29. The predicted octanol–water partition coefficient (Wildman–Crippen LogP) is 3.67. The number of piperidine rings is 1. The molecule has 2 fully saturated rings. The van der Waals surface area contributed by atoms with E-state index in [-0.39, 0.29) is 5.91 Å². The SMILES string of the molecule is CN(C(=O)CCc1ncc(-c2ccc(Cl)cc2)o1)C1CC2CCC(C1)N2. The molecule has 3 heterocycles. The first-order valence-corrected chi connectivity index (χ1v) is 9.68. The van der Waals surface area contributed by atoms with Crippen LogP contribution in [0.1, 0.15) is 38.0 Å². The molecule has 0 saturated carbocycles. The Balaban J connectivity index is 1.32. The third-order valence-electron chi connectivity index (χ3n) is 5.62. The molecule has 138 valence electrons. The number of rotatable bonds is 5. The minimum atomic E-state index is 0.169. The second-order valence-corrected chi connectivity index (χ2v) is 7.83. The third kappa shape index (κ3) is 3.79. The lowest BCUT2D eigenvalue weighted by Gasteiger charge is -2.35. The van der Waals surface area contributed by atoms with E-state index in [1.54, 1.807) is 6.20 Å². The molecular formula is C20H24ClN3O2. The Hall–Kier alpha value is -1.85. The third-order valence-corrected chi connectivity index (χ3v) is 5.88. The van der Waals surface area contributed by atoms with Crippen LogP contribution in [0.3, 0.4) is 0 Å². The number of nitrogens with zero attached hydrogens (tertiary/aromatic N) is 2. The number of fused-ring (bicyclic) bond motifs is 2. The Bertz CT molecular complexity index is 762. The normalized spacial score (nSPS) is 24.6. The monoisotopic (exact) mass is 373 g/mol. The molecule has 6 heteroatoms. The predicted molar refractivity (Wildman–Crippen MR) is 101 cm³/mol. The maximum atomic E-state index is 12.6. The van der Waals surface area contributed by atoms with Crippen molar-refractivity contribution < 1.29 is 9.21 Å². The molecule has 0 aliphatic carbocycles. The highest BCUT2D eigenvalue weighted by atomic mass is 35.5. The van der Waals surface area contributed by atoms with Crippen LogP contribution < -0.4 is 5.32 Å². The number of aromatic nitrogens is 1. The summed E-state index contributed by atoms with van der Waals surface area (Å²) in [4.78, 5) is 18.8. The van der Waals surface area contributed by atoms with Gasteiger partial charge in [0.1, 0.15) is 0 Å². The zero-order chi connectivity index (χ0) is 18.1. The van der Waals surface area contributed by atoms with Crippen molar-refractivity contribution in [1.82, 2.24) is 15.2 Å². The van der Waals surface area contributed by atoms with Crippen molar-refractivity contribution in [1.29, 1.82) is 0 Å². The maximum absolute atomic E-state index is 12.6. The summed E-state index contributed by atoms with van der Waals surface area (Å²) < 4.78 is 5.79. The first-order chi connectivity index (χ1) is 12.6. The molecule has 1 aromatic carbocycles. The zero-order valence-electron chi connectivity index (χ0n) is 15.0. The topological polar surface area (TPSA) is 58.4 Å². The molecule has 0 spiro atoms. The molecule has 2 aromatic rings.